The molecule has 0 saturated carbocycles. The maximum absolute atomic E-state index is 14.9. The Hall–Kier alpha value is -4.17. The maximum Gasteiger partial charge on any atom is 0.276 e. The van der Waals surface area contributed by atoms with Crippen LogP contribution in [0.3, 0.4) is 0 Å². The van der Waals surface area contributed by atoms with E-state index in [4.69, 9.17) is 15.2 Å². The van der Waals surface area contributed by atoms with Crippen LogP contribution in [0, 0.1) is 17.6 Å². The normalized spacial score (nSPS) is 15.7. The topological polar surface area (TPSA) is 158 Å². The molecule has 43 heavy (non-hydrogen) atoms. The van der Waals surface area contributed by atoms with E-state index in [-0.39, 0.29) is 53.7 Å². The molecule has 3 aromatic rings. The summed E-state index contributed by atoms with van der Waals surface area (Å²) >= 11 is 0. The van der Waals surface area contributed by atoms with Crippen LogP contribution in [0.2, 0.25) is 0 Å². The summed E-state index contributed by atoms with van der Waals surface area (Å²) in [7, 11) is -3.11. The number of ether oxygens (including phenoxy) is 2. The fourth-order valence-corrected chi connectivity index (χ4v) is 5.55. The van der Waals surface area contributed by atoms with Crippen LogP contribution >= 0.6 is 0 Å². The number of nitrogens with zero attached hydrogens (tertiary/aromatic N) is 3. The van der Waals surface area contributed by atoms with Gasteiger partial charge in [0.1, 0.15) is 35.1 Å². The number of amides is 2. The number of hydrogen-bond acceptors (Lipinski definition) is 9. The summed E-state index contributed by atoms with van der Waals surface area (Å²) in [6.07, 6.45) is 2.76. The van der Waals surface area contributed by atoms with E-state index < -0.39 is 45.3 Å². The van der Waals surface area contributed by atoms with E-state index in [1.165, 1.54) is 37.4 Å². The molecule has 3 heterocycles. The molecule has 2 aromatic heterocycles. The van der Waals surface area contributed by atoms with Crippen molar-refractivity contribution in [2.24, 2.45) is 16.0 Å². The molecule has 1 aliphatic heterocycles. The fourth-order valence-electron chi connectivity index (χ4n) is 4.17. The minimum atomic E-state index is -3.11. The molecule has 0 spiro atoms. The lowest BCUT2D eigenvalue weighted by atomic mass is 10.0. The van der Waals surface area contributed by atoms with Gasteiger partial charge in [0, 0.05) is 35.9 Å². The molecule has 230 valence electrons. The van der Waals surface area contributed by atoms with Gasteiger partial charge in [-0.3, -0.25) is 9.59 Å². The van der Waals surface area contributed by atoms with Crippen molar-refractivity contribution >= 4 is 33.2 Å². The third-order valence-corrected chi connectivity index (χ3v) is 7.91. The van der Waals surface area contributed by atoms with Gasteiger partial charge in [0.25, 0.3) is 5.91 Å². The van der Waals surface area contributed by atoms with Crippen molar-refractivity contribution < 1.29 is 32.1 Å². The summed E-state index contributed by atoms with van der Waals surface area (Å²) in [6, 6.07) is 6.62. The molecule has 0 radical (unpaired) electrons. The van der Waals surface area contributed by atoms with Gasteiger partial charge in [0.15, 0.2) is 0 Å². The highest BCUT2D eigenvalue weighted by Gasteiger charge is 2.23. The molecule has 3 atom stereocenters. The lowest BCUT2D eigenvalue weighted by molar-refractivity contribution is -0.128. The Balaban J connectivity index is 1.62. The number of carbonyl (C=O) groups excluding carboxylic acids is 2. The van der Waals surface area contributed by atoms with Crippen molar-refractivity contribution in [1.82, 2.24) is 15.3 Å². The predicted molar refractivity (Wildman–Crippen MR) is 158 cm³/mol. The number of nitrogens with one attached hydrogen (secondary N) is 2. The Morgan fingerprint density at radius 3 is 2.58 bits per heavy atom. The Morgan fingerprint density at radius 1 is 1.09 bits per heavy atom. The minimum Gasteiger partial charge on any atom is -0.493 e. The predicted octanol–water partition coefficient (Wildman–Crippen LogP) is 3.94. The first-order valence-electron chi connectivity index (χ1n) is 13.6. The first kappa shape index (κ1) is 31.8. The van der Waals surface area contributed by atoms with Crippen molar-refractivity contribution in [3.63, 3.8) is 0 Å². The highest BCUT2D eigenvalue weighted by molar-refractivity contribution is 7.92. The second kappa shape index (κ2) is 13.4. The molecular formula is C29H34F2N6O5S. The number of pyridine rings is 2. The van der Waals surface area contributed by atoms with E-state index in [2.05, 4.69) is 25.0 Å². The summed E-state index contributed by atoms with van der Waals surface area (Å²) < 4.78 is 57.7. The van der Waals surface area contributed by atoms with Gasteiger partial charge in [-0.1, -0.05) is 13.8 Å². The molecule has 4 N–H and O–H groups in total. The average molecular weight is 617 g/mol. The molecule has 0 saturated heterocycles. The monoisotopic (exact) mass is 616 g/mol. The van der Waals surface area contributed by atoms with Gasteiger partial charge >= 0.3 is 0 Å². The largest absolute Gasteiger partial charge is 0.493 e. The zero-order valence-electron chi connectivity index (χ0n) is 24.2. The standard InChI is InChI=1S/C29H34F2N6O5S/c1-16(2)27(32)29(39)34-17(3)28(38)37-43(4,40)15-18-10-25-35-24-13-21(22(31)14-33-24)20-7-6-19(30)12-23(20)41-8-5-9-42-26(11-18)36-25/h6-7,10-14,16-17,27H,5,8-9,15,32H2,1-4H3,(H,34,39)(H,33,35,36)/t17-,27-,43?/m0/s1. The highest BCUT2D eigenvalue weighted by Crippen LogP contribution is 2.34. The van der Waals surface area contributed by atoms with E-state index in [0.29, 0.717) is 17.5 Å². The molecule has 1 aromatic carbocycles. The number of rotatable bonds is 6. The van der Waals surface area contributed by atoms with Crippen LogP contribution in [0.25, 0.3) is 11.1 Å². The molecular weight excluding hydrogens is 582 g/mol. The lowest BCUT2D eigenvalue weighted by Crippen LogP contribution is -2.49. The third kappa shape index (κ3) is 8.45. The average Bonchev–Trinajstić information content (AvgIpc) is 2.92. The van der Waals surface area contributed by atoms with Crippen molar-refractivity contribution in [3.8, 4) is 22.8 Å². The molecule has 1 unspecified atom stereocenters. The number of halogens is 2. The summed E-state index contributed by atoms with van der Waals surface area (Å²) in [4.78, 5) is 33.5. The van der Waals surface area contributed by atoms with Gasteiger partial charge in [-0.05, 0) is 42.7 Å². The highest BCUT2D eigenvalue weighted by atomic mass is 32.2. The summed E-state index contributed by atoms with van der Waals surface area (Å²) in [5, 5.41) is 5.51. The zero-order chi connectivity index (χ0) is 31.3. The third-order valence-electron chi connectivity index (χ3n) is 6.47. The second-order valence-corrected chi connectivity index (χ2v) is 13.0. The smallest absolute Gasteiger partial charge is 0.276 e. The van der Waals surface area contributed by atoms with Crippen LogP contribution in [-0.4, -0.2) is 57.5 Å². The van der Waals surface area contributed by atoms with Crippen molar-refractivity contribution in [3.05, 3.63) is 59.8 Å². The van der Waals surface area contributed by atoms with E-state index in [9.17, 15) is 22.6 Å². The first-order chi connectivity index (χ1) is 20.3. The number of nitrogens with two attached hydrogens (primary N) is 1. The number of aromatic nitrogens is 2. The van der Waals surface area contributed by atoms with Crippen molar-refractivity contribution in [2.75, 3.05) is 24.8 Å². The molecule has 11 nitrogen and oxygen atoms in total. The molecule has 14 heteroatoms. The van der Waals surface area contributed by atoms with Gasteiger partial charge in [0.2, 0.25) is 11.8 Å². The number of benzene rings is 1. The van der Waals surface area contributed by atoms with E-state index >= 15 is 0 Å². The molecule has 1 aliphatic rings. The van der Waals surface area contributed by atoms with E-state index in [1.54, 1.807) is 26.0 Å². The number of carbonyl (C=O) groups is 2. The van der Waals surface area contributed by atoms with Crippen LogP contribution in [0.5, 0.6) is 11.6 Å². The number of fused-ring (bicyclic) bond motifs is 6. The van der Waals surface area contributed by atoms with Crippen LogP contribution < -0.4 is 25.8 Å². The lowest BCUT2D eigenvalue weighted by Gasteiger charge is -2.18. The molecule has 0 fully saturated rings. The van der Waals surface area contributed by atoms with Crippen molar-refractivity contribution in [2.45, 2.75) is 45.0 Å². The van der Waals surface area contributed by atoms with Gasteiger partial charge in [0.05, 0.1) is 40.9 Å². The second-order valence-electron chi connectivity index (χ2n) is 10.6. The molecule has 2 amide bonds. The molecule has 4 rings (SSSR count). The van der Waals surface area contributed by atoms with Crippen molar-refractivity contribution in [1.29, 1.82) is 0 Å². The summed E-state index contributed by atoms with van der Waals surface area (Å²) in [5.74, 6) is -1.82. The molecule has 4 bridgehead atoms. The van der Waals surface area contributed by atoms with Gasteiger partial charge < -0.3 is 25.8 Å². The summed E-state index contributed by atoms with van der Waals surface area (Å²) in [6.45, 7) is 5.35. The molecule has 0 aliphatic carbocycles. The first-order valence-corrected chi connectivity index (χ1v) is 15.7. The fraction of sp³-hybridized carbons (Fsp3) is 0.379. The Kier molecular flexibility index (Phi) is 9.91. The quantitative estimate of drug-likeness (QED) is 0.373. The van der Waals surface area contributed by atoms with E-state index in [0.717, 1.165) is 6.20 Å². The maximum atomic E-state index is 14.9. The minimum absolute atomic E-state index is 0.131. The number of hydrogen-bond donors (Lipinski definition) is 3. The van der Waals surface area contributed by atoms with Gasteiger partial charge in [-0.15, -0.1) is 0 Å². The van der Waals surface area contributed by atoms with Gasteiger partial charge in [-0.25, -0.2) is 18.0 Å². The summed E-state index contributed by atoms with van der Waals surface area (Å²) in [5.41, 5.74) is 6.81. The Morgan fingerprint density at radius 2 is 1.84 bits per heavy atom. The Bertz CT molecular complexity index is 1640. The van der Waals surface area contributed by atoms with Gasteiger partial charge in [-0.2, -0.15) is 9.35 Å². The van der Waals surface area contributed by atoms with Crippen LogP contribution in [-0.2, 0) is 25.1 Å². The zero-order valence-corrected chi connectivity index (χ0v) is 25.0. The van der Waals surface area contributed by atoms with Crippen LogP contribution in [0.15, 0.2) is 47.0 Å². The SMILES string of the molecule is CC(C)[C@H](N)C(=O)N[C@@H](C)C(=O)N=S(C)(=O)Cc1cc2nc(c1)OCCCOc1cc(F)ccc1-c1cc(ncc1F)N2. The van der Waals surface area contributed by atoms with Crippen LogP contribution in [0.4, 0.5) is 20.4 Å². The van der Waals surface area contributed by atoms with E-state index in [1.807, 2.05) is 0 Å². The van der Waals surface area contributed by atoms with Crippen LogP contribution in [0.1, 0.15) is 32.8 Å². The number of anilines is 2. The Labute approximate surface area is 248 Å².